The van der Waals surface area contributed by atoms with Gasteiger partial charge >= 0.3 is 0 Å². The molecule has 1 aliphatic rings. The van der Waals surface area contributed by atoms with Crippen molar-refractivity contribution in [2.75, 3.05) is 12.1 Å². The van der Waals surface area contributed by atoms with Crippen LogP contribution in [0.4, 0.5) is 5.69 Å². The Kier molecular flexibility index (Phi) is 3.09. The van der Waals surface area contributed by atoms with Gasteiger partial charge in [-0.25, -0.2) is 0 Å². The fraction of sp³-hybridized carbons (Fsp3) is 0.0667. The monoisotopic (exact) mass is 269 g/mol. The molecule has 0 atom stereocenters. The van der Waals surface area contributed by atoms with E-state index >= 15 is 0 Å². The summed E-state index contributed by atoms with van der Waals surface area (Å²) in [7, 11) is 0. The molecule has 0 unspecified atom stereocenters. The van der Waals surface area contributed by atoms with E-state index in [0.717, 1.165) is 6.29 Å². The Morgan fingerprint density at radius 1 is 1.10 bits per heavy atom. The summed E-state index contributed by atoms with van der Waals surface area (Å²) in [6.45, 7) is 0.168. The van der Waals surface area contributed by atoms with E-state index in [2.05, 4.69) is 5.32 Å². The van der Waals surface area contributed by atoms with Crippen molar-refractivity contribution in [1.29, 1.82) is 0 Å². The second kappa shape index (κ2) is 5.05. The van der Waals surface area contributed by atoms with Crippen LogP contribution in [0.1, 0.15) is 20.7 Å². The van der Waals surface area contributed by atoms with Crippen LogP contribution in [0.3, 0.4) is 0 Å². The molecule has 1 N–H and O–H groups in total. The van der Waals surface area contributed by atoms with Gasteiger partial charge in [0.1, 0.15) is 6.29 Å². The van der Waals surface area contributed by atoms with Crippen LogP contribution >= 0.6 is 0 Å². The molecule has 1 heterocycles. The molecule has 20 heavy (non-hydrogen) atoms. The molecule has 0 radical (unpaired) electrons. The van der Waals surface area contributed by atoms with Crippen molar-refractivity contribution in [2.24, 2.45) is 0 Å². The minimum absolute atomic E-state index is 0.168. The number of nitrogens with one attached hydrogen (secondary N) is 1. The maximum absolute atomic E-state index is 12.1. The van der Waals surface area contributed by atoms with Gasteiger partial charge in [-0.2, -0.15) is 0 Å². The number of fused-ring (bicyclic) bond motifs is 1. The van der Waals surface area contributed by atoms with Crippen molar-refractivity contribution < 1.29 is 19.1 Å². The van der Waals surface area contributed by atoms with Crippen LogP contribution in [0.15, 0.2) is 42.5 Å². The molecule has 2 aromatic rings. The summed E-state index contributed by atoms with van der Waals surface area (Å²) < 4.78 is 10.4. The molecule has 3 rings (SSSR count). The molecular formula is C15H11NO4. The van der Waals surface area contributed by atoms with Crippen molar-refractivity contribution in [2.45, 2.75) is 0 Å². The van der Waals surface area contributed by atoms with Crippen molar-refractivity contribution in [1.82, 2.24) is 0 Å². The number of aldehydes is 1. The summed E-state index contributed by atoms with van der Waals surface area (Å²) in [5, 5.41) is 2.73. The molecular weight excluding hydrogens is 258 g/mol. The molecule has 1 amide bonds. The van der Waals surface area contributed by atoms with E-state index in [1.165, 1.54) is 0 Å². The minimum Gasteiger partial charge on any atom is -0.454 e. The zero-order valence-corrected chi connectivity index (χ0v) is 10.5. The molecule has 0 saturated heterocycles. The molecule has 2 aromatic carbocycles. The van der Waals surface area contributed by atoms with Crippen LogP contribution in [0.5, 0.6) is 11.5 Å². The number of carbonyl (C=O) groups is 2. The summed E-state index contributed by atoms with van der Waals surface area (Å²) >= 11 is 0. The first-order valence-corrected chi connectivity index (χ1v) is 6.02. The topological polar surface area (TPSA) is 64.6 Å². The summed E-state index contributed by atoms with van der Waals surface area (Å²) in [6, 6.07) is 11.7. The minimum atomic E-state index is -0.272. The van der Waals surface area contributed by atoms with Crippen LogP contribution in [0.25, 0.3) is 0 Å². The summed E-state index contributed by atoms with van der Waals surface area (Å²) in [4.78, 5) is 22.8. The predicted octanol–water partition coefficient (Wildman–Crippen LogP) is 2.48. The average molecular weight is 269 g/mol. The highest BCUT2D eigenvalue weighted by Crippen LogP contribution is 2.32. The van der Waals surface area contributed by atoms with Gasteiger partial charge in [0.2, 0.25) is 6.79 Å². The Balaban J connectivity index is 1.80. The van der Waals surface area contributed by atoms with Gasteiger partial charge in [0.05, 0.1) is 0 Å². The van der Waals surface area contributed by atoms with Gasteiger partial charge in [0.25, 0.3) is 5.91 Å². The van der Waals surface area contributed by atoms with Crippen molar-refractivity contribution >= 4 is 17.9 Å². The molecule has 5 heteroatoms. The highest BCUT2D eigenvalue weighted by molar-refractivity contribution is 6.05. The van der Waals surface area contributed by atoms with Crippen LogP contribution < -0.4 is 14.8 Å². The molecule has 100 valence electrons. The predicted molar refractivity (Wildman–Crippen MR) is 72.3 cm³/mol. The van der Waals surface area contributed by atoms with Crippen LogP contribution in [-0.2, 0) is 0 Å². The number of rotatable bonds is 3. The average Bonchev–Trinajstić information content (AvgIpc) is 2.94. The maximum atomic E-state index is 12.1. The lowest BCUT2D eigenvalue weighted by molar-refractivity contribution is 0.102. The quantitative estimate of drug-likeness (QED) is 0.869. The van der Waals surface area contributed by atoms with E-state index < -0.39 is 0 Å². The Morgan fingerprint density at radius 2 is 1.95 bits per heavy atom. The van der Waals surface area contributed by atoms with Crippen LogP contribution in [0.2, 0.25) is 0 Å². The van der Waals surface area contributed by atoms with Gasteiger partial charge in [-0.15, -0.1) is 0 Å². The summed E-state index contributed by atoms with van der Waals surface area (Å²) in [6.07, 6.45) is 0.732. The second-order valence-electron chi connectivity index (χ2n) is 4.27. The van der Waals surface area contributed by atoms with E-state index in [9.17, 15) is 9.59 Å². The van der Waals surface area contributed by atoms with E-state index in [-0.39, 0.29) is 12.7 Å². The van der Waals surface area contributed by atoms with Crippen LogP contribution in [-0.4, -0.2) is 19.0 Å². The molecule has 0 spiro atoms. The summed E-state index contributed by atoms with van der Waals surface area (Å²) in [5.41, 5.74) is 1.54. The number of carbonyl (C=O) groups excluding carboxylic acids is 2. The lowest BCUT2D eigenvalue weighted by atomic mass is 10.1. The van der Waals surface area contributed by atoms with Gasteiger partial charge < -0.3 is 14.8 Å². The summed E-state index contributed by atoms with van der Waals surface area (Å²) in [5.74, 6) is 0.912. The number of hydrogen-bond donors (Lipinski definition) is 1. The smallest absolute Gasteiger partial charge is 0.255 e. The highest BCUT2D eigenvalue weighted by atomic mass is 16.7. The molecule has 0 aliphatic carbocycles. The van der Waals surface area contributed by atoms with Gasteiger partial charge in [-0.1, -0.05) is 12.1 Å². The third-order valence-electron chi connectivity index (χ3n) is 2.92. The zero-order valence-electron chi connectivity index (χ0n) is 10.5. The first kappa shape index (κ1) is 12.2. The second-order valence-corrected chi connectivity index (χ2v) is 4.27. The Morgan fingerprint density at radius 3 is 2.80 bits per heavy atom. The van der Waals surface area contributed by atoms with Gasteiger partial charge in [-0.3, -0.25) is 9.59 Å². The lowest BCUT2D eigenvalue weighted by Crippen LogP contribution is -2.11. The number of benzene rings is 2. The molecule has 5 nitrogen and oxygen atoms in total. The van der Waals surface area contributed by atoms with Gasteiger partial charge in [-0.05, 0) is 30.3 Å². The van der Waals surface area contributed by atoms with E-state index in [1.54, 1.807) is 42.5 Å². The van der Waals surface area contributed by atoms with Gasteiger partial charge in [0, 0.05) is 16.8 Å². The molecule has 0 aromatic heterocycles. The number of hydrogen-bond acceptors (Lipinski definition) is 4. The number of amides is 1. The Labute approximate surface area is 115 Å². The van der Waals surface area contributed by atoms with Gasteiger partial charge in [0.15, 0.2) is 11.5 Å². The lowest BCUT2D eigenvalue weighted by Gasteiger charge is -2.06. The van der Waals surface area contributed by atoms with Crippen molar-refractivity contribution in [3.05, 3.63) is 53.6 Å². The van der Waals surface area contributed by atoms with Crippen molar-refractivity contribution in [3.8, 4) is 11.5 Å². The number of ether oxygens (including phenoxy) is 2. The SMILES string of the molecule is O=Cc1cccc(NC(=O)c2ccc3c(c2)OCO3)c1. The fourth-order valence-corrected chi connectivity index (χ4v) is 1.93. The van der Waals surface area contributed by atoms with E-state index in [1.807, 2.05) is 0 Å². The molecule has 1 aliphatic heterocycles. The van der Waals surface area contributed by atoms with E-state index in [0.29, 0.717) is 28.3 Å². The molecule has 0 fully saturated rings. The Bertz CT molecular complexity index is 681. The Hall–Kier alpha value is -2.82. The fourth-order valence-electron chi connectivity index (χ4n) is 1.93. The first-order valence-electron chi connectivity index (χ1n) is 6.02. The normalized spacial score (nSPS) is 12.0. The molecule has 0 bridgehead atoms. The number of anilines is 1. The van der Waals surface area contributed by atoms with Crippen LogP contribution in [0, 0.1) is 0 Å². The van der Waals surface area contributed by atoms with E-state index in [4.69, 9.17) is 9.47 Å². The molecule has 0 saturated carbocycles. The first-order chi connectivity index (χ1) is 9.76. The third-order valence-corrected chi connectivity index (χ3v) is 2.92. The van der Waals surface area contributed by atoms with Crippen molar-refractivity contribution in [3.63, 3.8) is 0 Å². The standard InChI is InChI=1S/C15H11NO4/c17-8-10-2-1-3-12(6-10)16-15(18)11-4-5-13-14(7-11)20-9-19-13/h1-8H,9H2,(H,16,18). The zero-order chi connectivity index (χ0) is 13.9. The largest absolute Gasteiger partial charge is 0.454 e. The maximum Gasteiger partial charge on any atom is 0.255 e. The third kappa shape index (κ3) is 2.33. The highest BCUT2D eigenvalue weighted by Gasteiger charge is 2.16.